The van der Waals surface area contributed by atoms with E-state index in [0.29, 0.717) is 15.1 Å². The third-order valence-electron chi connectivity index (χ3n) is 3.61. The van der Waals surface area contributed by atoms with Crippen molar-refractivity contribution in [3.63, 3.8) is 0 Å². The van der Waals surface area contributed by atoms with Crippen molar-refractivity contribution in [1.29, 1.82) is 0 Å². The SMILES string of the molecule is CC(C)c1ccc(/C=c2\s/c(=C\C(=O)c3ccco3)[nH]c2=O)cc1. The molecule has 2 heterocycles. The lowest BCUT2D eigenvalue weighted by molar-refractivity contribution is 0.103. The quantitative estimate of drug-likeness (QED) is 0.743. The van der Waals surface area contributed by atoms with Gasteiger partial charge in [-0.1, -0.05) is 38.1 Å². The van der Waals surface area contributed by atoms with Crippen LogP contribution in [0.15, 0.2) is 51.9 Å². The van der Waals surface area contributed by atoms with Gasteiger partial charge in [-0.25, -0.2) is 0 Å². The first-order valence-corrected chi connectivity index (χ1v) is 8.45. The summed E-state index contributed by atoms with van der Waals surface area (Å²) in [6, 6.07) is 11.3. The van der Waals surface area contributed by atoms with Gasteiger partial charge in [-0.05, 0) is 35.3 Å². The molecule has 0 atom stereocenters. The van der Waals surface area contributed by atoms with Crippen molar-refractivity contribution in [3.8, 4) is 0 Å². The summed E-state index contributed by atoms with van der Waals surface area (Å²) < 4.78 is 6.12. The second-order valence-corrected chi connectivity index (χ2v) is 6.82. The average Bonchev–Trinajstić information content (AvgIpc) is 3.19. The van der Waals surface area contributed by atoms with Gasteiger partial charge in [-0.2, -0.15) is 0 Å². The maximum absolute atomic E-state index is 12.1. The van der Waals surface area contributed by atoms with Crippen molar-refractivity contribution >= 4 is 29.3 Å². The number of benzene rings is 1. The van der Waals surface area contributed by atoms with Gasteiger partial charge in [0.1, 0.15) is 0 Å². The number of ketones is 1. The lowest BCUT2D eigenvalue weighted by Crippen LogP contribution is -2.20. The van der Waals surface area contributed by atoms with Crippen LogP contribution >= 0.6 is 11.3 Å². The van der Waals surface area contributed by atoms with E-state index in [1.807, 2.05) is 18.2 Å². The maximum Gasteiger partial charge on any atom is 0.266 e. The van der Waals surface area contributed by atoms with E-state index >= 15 is 0 Å². The summed E-state index contributed by atoms with van der Waals surface area (Å²) >= 11 is 1.25. The molecule has 0 aliphatic rings. The molecule has 0 bridgehead atoms. The highest BCUT2D eigenvalue weighted by atomic mass is 32.1. The molecule has 5 heteroatoms. The Morgan fingerprint density at radius 1 is 1.21 bits per heavy atom. The van der Waals surface area contributed by atoms with E-state index < -0.39 is 0 Å². The van der Waals surface area contributed by atoms with E-state index in [4.69, 9.17) is 4.42 Å². The van der Waals surface area contributed by atoms with Crippen molar-refractivity contribution in [2.75, 3.05) is 0 Å². The van der Waals surface area contributed by atoms with E-state index in [9.17, 15) is 9.59 Å². The third-order valence-corrected chi connectivity index (χ3v) is 4.57. The Labute approximate surface area is 142 Å². The Hall–Kier alpha value is -2.66. The molecule has 1 aromatic carbocycles. The highest BCUT2D eigenvalue weighted by Crippen LogP contribution is 2.14. The molecule has 3 aromatic rings. The smallest absolute Gasteiger partial charge is 0.266 e. The first kappa shape index (κ1) is 16.2. The summed E-state index contributed by atoms with van der Waals surface area (Å²) in [5.41, 5.74) is 2.01. The number of nitrogens with one attached hydrogen (secondary N) is 1. The van der Waals surface area contributed by atoms with Gasteiger partial charge in [0.15, 0.2) is 5.76 Å². The van der Waals surface area contributed by atoms with Crippen LogP contribution in [0.1, 0.15) is 41.4 Å². The zero-order chi connectivity index (χ0) is 17.1. The van der Waals surface area contributed by atoms with Crippen LogP contribution in [-0.2, 0) is 0 Å². The molecule has 3 rings (SSSR count). The summed E-state index contributed by atoms with van der Waals surface area (Å²) in [7, 11) is 0. The molecular weight excluding hydrogens is 322 g/mol. The Kier molecular flexibility index (Phi) is 4.62. The molecule has 4 nitrogen and oxygen atoms in total. The number of carbonyl (C=O) groups is 1. The average molecular weight is 339 g/mol. The lowest BCUT2D eigenvalue weighted by atomic mass is 10.0. The molecule has 24 heavy (non-hydrogen) atoms. The van der Waals surface area contributed by atoms with Gasteiger partial charge < -0.3 is 9.40 Å². The van der Waals surface area contributed by atoms with Crippen LogP contribution in [0.3, 0.4) is 0 Å². The van der Waals surface area contributed by atoms with Gasteiger partial charge in [0.25, 0.3) is 5.56 Å². The summed E-state index contributed by atoms with van der Waals surface area (Å²) in [6.45, 7) is 4.28. The number of Topliss-reactive ketones (excluding diaryl/α,β-unsaturated/α-hetero) is 1. The largest absolute Gasteiger partial charge is 0.461 e. The standard InChI is InChI=1S/C19H17NO3S/c1-12(2)14-7-5-13(6-8-14)10-17-19(22)20-18(24-17)11-15(21)16-4-3-9-23-16/h3-12H,1-2H3,(H,20,22)/b17-10-,18-11-. The Morgan fingerprint density at radius 3 is 2.58 bits per heavy atom. The van der Waals surface area contributed by atoms with Crippen molar-refractivity contribution in [2.24, 2.45) is 0 Å². The van der Waals surface area contributed by atoms with Crippen LogP contribution in [0.25, 0.3) is 12.2 Å². The zero-order valence-electron chi connectivity index (χ0n) is 13.4. The zero-order valence-corrected chi connectivity index (χ0v) is 14.2. The van der Waals surface area contributed by atoms with Crippen LogP contribution in [-0.4, -0.2) is 10.8 Å². The normalized spacial score (nSPS) is 13.0. The Morgan fingerprint density at radius 2 is 1.96 bits per heavy atom. The van der Waals surface area contributed by atoms with Crippen LogP contribution in [0, 0.1) is 0 Å². The fraction of sp³-hybridized carbons (Fsp3) is 0.158. The van der Waals surface area contributed by atoms with Crippen LogP contribution < -0.4 is 14.8 Å². The number of furan rings is 1. The first-order chi connectivity index (χ1) is 11.5. The van der Waals surface area contributed by atoms with Gasteiger partial charge in [0.05, 0.1) is 15.5 Å². The molecule has 122 valence electrons. The van der Waals surface area contributed by atoms with Crippen LogP contribution in [0.4, 0.5) is 0 Å². The number of rotatable bonds is 4. The van der Waals surface area contributed by atoms with E-state index in [1.54, 1.807) is 12.1 Å². The van der Waals surface area contributed by atoms with E-state index in [-0.39, 0.29) is 17.1 Å². The summed E-state index contributed by atoms with van der Waals surface area (Å²) in [4.78, 5) is 26.7. The van der Waals surface area contributed by atoms with Crippen molar-refractivity contribution < 1.29 is 9.21 Å². The summed E-state index contributed by atoms with van der Waals surface area (Å²) in [5.74, 6) is 0.447. The maximum atomic E-state index is 12.1. The Balaban J connectivity index is 1.94. The van der Waals surface area contributed by atoms with E-state index in [0.717, 1.165) is 5.56 Å². The number of hydrogen-bond donors (Lipinski definition) is 1. The molecular formula is C19H17NO3S. The number of thiazole rings is 1. The van der Waals surface area contributed by atoms with Gasteiger partial charge in [0, 0.05) is 6.08 Å². The minimum atomic E-state index is -0.273. The second kappa shape index (κ2) is 6.84. The van der Waals surface area contributed by atoms with Crippen LogP contribution in [0.5, 0.6) is 0 Å². The summed E-state index contributed by atoms with van der Waals surface area (Å²) in [5, 5.41) is 0. The molecule has 0 saturated heterocycles. The van der Waals surface area contributed by atoms with Crippen molar-refractivity contribution in [2.45, 2.75) is 19.8 Å². The molecule has 0 spiro atoms. The molecule has 0 aliphatic carbocycles. The van der Waals surface area contributed by atoms with Crippen LogP contribution in [0.2, 0.25) is 0 Å². The van der Waals surface area contributed by atoms with Crippen molar-refractivity contribution in [3.05, 3.63) is 79.1 Å². The monoisotopic (exact) mass is 339 g/mol. The highest BCUT2D eigenvalue weighted by Gasteiger charge is 2.05. The van der Waals surface area contributed by atoms with Gasteiger partial charge in [-0.3, -0.25) is 9.59 Å². The lowest BCUT2D eigenvalue weighted by Gasteiger charge is -2.04. The molecule has 0 saturated carbocycles. The van der Waals surface area contributed by atoms with Gasteiger partial charge in [-0.15, -0.1) is 11.3 Å². The third kappa shape index (κ3) is 3.63. The molecule has 0 amide bonds. The molecule has 0 aliphatic heterocycles. The fourth-order valence-electron chi connectivity index (χ4n) is 2.26. The number of aromatic amines is 1. The molecule has 0 unspecified atom stereocenters. The summed E-state index contributed by atoms with van der Waals surface area (Å²) in [6.07, 6.45) is 4.64. The van der Waals surface area contributed by atoms with Crippen molar-refractivity contribution in [1.82, 2.24) is 4.98 Å². The number of hydrogen-bond acceptors (Lipinski definition) is 4. The first-order valence-electron chi connectivity index (χ1n) is 7.63. The fourth-order valence-corrected chi connectivity index (χ4v) is 3.15. The predicted octanol–water partition coefficient (Wildman–Crippen LogP) is 2.65. The molecule has 2 aromatic heterocycles. The van der Waals surface area contributed by atoms with E-state index in [2.05, 4.69) is 31.0 Å². The minimum absolute atomic E-state index is 0.202. The molecule has 0 radical (unpaired) electrons. The number of H-pyrrole nitrogens is 1. The highest BCUT2D eigenvalue weighted by molar-refractivity contribution is 7.07. The Bertz CT molecular complexity index is 1010. The number of aromatic nitrogens is 1. The minimum Gasteiger partial charge on any atom is -0.461 e. The second-order valence-electron chi connectivity index (χ2n) is 5.74. The molecule has 0 fully saturated rings. The topological polar surface area (TPSA) is 63.1 Å². The van der Waals surface area contributed by atoms with Gasteiger partial charge in [0.2, 0.25) is 5.78 Å². The molecule has 1 N–H and O–H groups in total. The van der Waals surface area contributed by atoms with E-state index in [1.165, 1.54) is 29.2 Å². The van der Waals surface area contributed by atoms with Gasteiger partial charge >= 0.3 is 0 Å². The number of carbonyl (C=O) groups excluding carboxylic acids is 1. The predicted molar refractivity (Wildman–Crippen MR) is 95.8 cm³/mol.